The van der Waals surface area contributed by atoms with Gasteiger partial charge in [0.15, 0.2) is 0 Å². The lowest BCUT2D eigenvalue weighted by molar-refractivity contribution is 0.102. The fraction of sp³-hybridized carbons (Fsp3) is 0.111. The molecule has 0 aliphatic heterocycles. The summed E-state index contributed by atoms with van der Waals surface area (Å²) >= 11 is 0. The van der Waals surface area contributed by atoms with E-state index in [2.05, 4.69) is 10.5 Å². The van der Waals surface area contributed by atoms with Crippen molar-refractivity contribution >= 4 is 11.6 Å². The van der Waals surface area contributed by atoms with Crippen LogP contribution in [-0.4, -0.2) is 11.1 Å². The van der Waals surface area contributed by atoms with Crippen molar-refractivity contribution in [1.82, 2.24) is 5.16 Å². The van der Waals surface area contributed by atoms with E-state index in [0.29, 0.717) is 18.0 Å². The molecular formula is C18H16N2O4. The van der Waals surface area contributed by atoms with Crippen LogP contribution in [0.3, 0.4) is 0 Å². The number of benzene rings is 2. The van der Waals surface area contributed by atoms with Gasteiger partial charge in [-0.1, -0.05) is 36.4 Å². The van der Waals surface area contributed by atoms with Gasteiger partial charge in [-0.15, -0.1) is 0 Å². The number of hydrogen-bond acceptors (Lipinski definition) is 4. The third kappa shape index (κ3) is 3.55. The van der Waals surface area contributed by atoms with E-state index in [1.165, 1.54) is 0 Å². The summed E-state index contributed by atoms with van der Waals surface area (Å²) in [6.45, 7) is 1.98. The smallest absolute Gasteiger partial charge is 0.293 e. The van der Waals surface area contributed by atoms with Crippen LogP contribution in [0.2, 0.25) is 0 Å². The molecule has 0 aliphatic rings. The summed E-state index contributed by atoms with van der Waals surface area (Å²) in [4.78, 5) is 23.7. The molecule has 1 aromatic heterocycles. The highest BCUT2D eigenvalue weighted by molar-refractivity contribution is 6.04. The number of nitrogens with one attached hydrogen (secondary N) is 2. The minimum absolute atomic E-state index is 0.0365. The zero-order valence-electron chi connectivity index (χ0n) is 13.0. The van der Waals surface area contributed by atoms with Gasteiger partial charge in [0.05, 0.1) is 0 Å². The lowest BCUT2D eigenvalue weighted by Gasteiger charge is -2.09. The lowest BCUT2D eigenvalue weighted by atomic mass is 10.2. The molecule has 0 atom stereocenters. The molecule has 0 saturated carbocycles. The van der Waals surface area contributed by atoms with Crippen LogP contribution >= 0.6 is 0 Å². The van der Waals surface area contributed by atoms with Gasteiger partial charge in [-0.05, 0) is 24.6 Å². The van der Waals surface area contributed by atoms with Crippen LogP contribution in [0.25, 0.3) is 0 Å². The van der Waals surface area contributed by atoms with Gasteiger partial charge in [0.2, 0.25) is 0 Å². The number of carbonyl (C=O) groups excluding carboxylic acids is 1. The molecule has 3 aromatic rings. The van der Waals surface area contributed by atoms with Gasteiger partial charge < -0.3 is 14.6 Å². The number of hydrogen-bond donors (Lipinski definition) is 2. The number of carbonyl (C=O) groups is 1. The molecule has 2 aromatic carbocycles. The molecule has 3 rings (SSSR count). The van der Waals surface area contributed by atoms with Gasteiger partial charge in [0, 0.05) is 11.8 Å². The maximum atomic E-state index is 12.2. The van der Waals surface area contributed by atoms with Gasteiger partial charge in [-0.25, -0.2) is 0 Å². The second kappa shape index (κ2) is 6.87. The van der Waals surface area contributed by atoms with Gasteiger partial charge in [-0.2, -0.15) is 5.16 Å². The number of amides is 1. The van der Waals surface area contributed by atoms with Crippen LogP contribution < -0.4 is 15.6 Å². The largest absolute Gasteiger partial charge is 0.489 e. The average molecular weight is 324 g/mol. The molecule has 0 saturated heterocycles. The second-order valence-electron chi connectivity index (χ2n) is 5.22. The van der Waals surface area contributed by atoms with Crippen LogP contribution in [0, 0.1) is 6.92 Å². The molecule has 0 bridgehead atoms. The Labute approximate surface area is 138 Å². The summed E-state index contributed by atoms with van der Waals surface area (Å²) in [7, 11) is 0. The predicted octanol–water partition coefficient (Wildman–Crippen LogP) is 3.11. The summed E-state index contributed by atoms with van der Waals surface area (Å²) in [5.74, 6) is 0.339. The molecule has 1 heterocycles. The molecule has 6 nitrogen and oxygen atoms in total. The first-order valence-corrected chi connectivity index (χ1v) is 7.39. The summed E-state index contributed by atoms with van der Waals surface area (Å²) in [5.41, 5.74) is 0.991. The van der Waals surface area contributed by atoms with Gasteiger partial charge in [-0.3, -0.25) is 9.59 Å². The molecule has 24 heavy (non-hydrogen) atoms. The molecule has 2 N–H and O–H groups in total. The Morgan fingerprint density at radius 3 is 2.67 bits per heavy atom. The number of aromatic nitrogens is 1. The molecule has 1 amide bonds. The molecule has 6 heteroatoms. The first-order chi connectivity index (χ1) is 11.6. The number of rotatable bonds is 5. The van der Waals surface area contributed by atoms with Crippen LogP contribution in [-0.2, 0) is 6.61 Å². The Balaban J connectivity index is 1.69. The Morgan fingerprint density at radius 1 is 1.17 bits per heavy atom. The molecular weight excluding hydrogens is 308 g/mol. The van der Waals surface area contributed by atoms with Crippen molar-refractivity contribution in [1.29, 1.82) is 0 Å². The van der Waals surface area contributed by atoms with E-state index in [9.17, 15) is 9.59 Å². The fourth-order valence-electron chi connectivity index (χ4n) is 2.25. The highest BCUT2D eigenvalue weighted by atomic mass is 16.5. The predicted molar refractivity (Wildman–Crippen MR) is 89.2 cm³/mol. The first-order valence-electron chi connectivity index (χ1n) is 7.39. The number of aryl methyl sites for hydroxylation is 1. The van der Waals surface area contributed by atoms with E-state index >= 15 is 0 Å². The topological polar surface area (TPSA) is 84.3 Å². The van der Waals surface area contributed by atoms with Crippen molar-refractivity contribution in [2.45, 2.75) is 13.5 Å². The molecule has 0 radical (unpaired) electrons. The summed E-state index contributed by atoms with van der Waals surface area (Å²) < 4.78 is 10.6. The number of ether oxygens (including phenoxy) is 1. The zero-order valence-corrected chi connectivity index (χ0v) is 13.0. The van der Waals surface area contributed by atoms with Crippen molar-refractivity contribution in [3.05, 3.63) is 81.8 Å². The quantitative estimate of drug-likeness (QED) is 0.755. The van der Waals surface area contributed by atoms with E-state index in [1.807, 2.05) is 30.3 Å². The molecule has 122 valence electrons. The van der Waals surface area contributed by atoms with Crippen molar-refractivity contribution in [3.63, 3.8) is 0 Å². The second-order valence-corrected chi connectivity index (χ2v) is 5.22. The zero-order chi connectivity index (χ0) is 16.9. The van der Waals surface area contributed by atoms with Crippen molar-refractivity contribution < 1.29 is 14.1 Å². The summed E-state index contributed by atoms with van der Waals surface area (Å²) in [5, 5.41) is 4.80. The van der Waals surface area contributed by atoms with Crippen LogP contribution in [0.1, 0.15) is 21.7 Å². The van der Waals surface area contributed by atoms with Crippen LogP contribution in [0.4, 0.5) is 5.69 Å². The minimum atomic E-state index is -0.554. The van der Waals surface area contributed by atoms with Crippen LogP contribution in [0.15, 0.2) is 63.9 Å². The van der Waals surface area contributed by atoms with Gasteiger partial charge in [0.25, 0.3) is 11.5 Å². The molecule has 0 spiro atoms. The van der Waals surface area contributed by atoms with Gasteiger partial charge >= 0.3 is 0 Å². The van der Waals surface area contributed by atoms with Crippen molar-refractivity contribution in [2.75, 3.05) is 5.32 Å². The lowest BCUT2D eigenvalue weighted by Crippen LogP contribution is -2.20. The SMILES string of the molecule is Cc1o[nH]c(=O)c1C(=O)Nc1cccc(OCc2ccccc2)c1. The Kier molecular flexibility index (Phi) is 4.47. The monoisotopic (exact) mass is 324 g/mol. The first kappa shape index (κ1) is 15.6. The van der Waals surface area contributed by atoms with E-state index in [0.717, 1.165) is 5.56 Å². The standard InChI is InChI=1S/C18H16N2O4/c1-12-16(18(22)20-24-12)17(21)19-14-8-5-9-15(10-14)23-11-13-6-3-2-4-7-13/h2-10H,11H2,1H3,(H,19,21)(H,20,22). The van der Waals surface area contributed by atoms with E-state index < -0.39 is 11.5 Å². The van der Waals surface area contributed by atoms with Crippen molar-refractivity contribution in [2.24, 2.45) is 0 Å². The maximum absolute atomic E-state index is 12.2. The maximum Gasteiger partial charge on any atom is 0.293 e. The number of aromatic amines is 1. The number of H-pyrrole nitrogens is 1. The molecule has 0 unspecified atom stereocenters. The highest BCUT2D eigenvalue weighted by Crippen LogP contribution is 2.19. The van der Waals surface area contributed by atoms with E-state index in [1.54, 1.807) is 31.2 Å². The third-order valence-corrected chi connectivity index (χ3v) is 3.44. The highest BCUT2D eigenvalue weighted by Gasteiger charge is 2.17. The van der Waals surface area contributed by atoms with E-state index in [4.69, 9.17) is 9.26 Å². The average Bonchev–Trinajstić information content (AvgIpc) is 2.93. The third-order valence-electron chi connectivity index (χ3n) is 3.44. The Bertz CT molecular complexity index is 897. The Morgan fingerprint density at radius 2 is 1.96 bits per heavy atom. The summed E-state index contributed by atoms with van der Waals surface area (Å²) in [6, 6.07) is 16.8. The van der Waals surface area contributed by atoms with Crippen molar-refractivity contribution in [3.8, 4) is 5.75 Å². The van der Waals surface area contributed by atoms with Crippen LogP contribution in [0.5, 0.6) is 5.75 Å². The number of anilines is 1. The summed E-state index contributed by atoms with van der Waals surface area (Å²) in [6.07, 6.45) is 0. The normalized spacial score (nSPS) is 10.4. The van der Waals surface area contributed by atoms with Gasteiger partial charge in [0.1, 0.15) is 23.7 Å². The molecule has 0 aliphatic carbocycles. The Hall–Kier alpha value is -3.28. The fourth-order valence-corrected chi connectivity index (χ4v) is 2.25. The minimum Gasteiger partial charge on any atom is -0.489 e. The van der Waals surface area contributed by atoms with E-state index in [-0.39, 0.29) is 11.3 Å². The molecule has 0 fully saturated rings.